The lowest BCUT2D eigenvalue weighted by Gasteiger charge is -2.44. The van der Waals surface area contributed by atoms with Crippen molar-refractivity contribution in [3.05, 3.63) is 0 Å². The van der Waals surface area contributed by atoms with Gasteiger partial charge in [-0.05, 0) is 0 Å². The molecular weight excluding hydrogens is 396 g/mol. The number of aliphatic hydroxyl groups excluding tert-OH is 1. The predicted molar refractivity (Wildman–Crippen MR) is 89.7 cm³/mol. The smallest absolute Gasteiger partial charge is 0.303 e. The summed E-state index contributed by atoms with van der Waals surface area (Å²) in [6.45, 7) is 4.84. The molecule has 164 valence electrons. The second-order valence-corrected chi connectivity index (χ2v) is 6.16. The molecule has 1 fully saturated rings. The van der Waals surface area contributed by atoms with Gasteiger partial charge >= 0.3 is 29.8 Å². The van der Waals surface area contributed by atoms with Gasteiger partial charge in [-0.1, -0.05) is 0 Å². The summed E-state index contributed by atoms with van der Waals surface area (Å²) in [5.41, 5.74) is 0. The first-order valence-electron chi connectivity index (χ1n) is 8.58. The van der Waals surface area contributed by atoms with Gasteiger partial charge in [0.2, 0.25) is 0 Å². The van der Waals surface area contributed by atoms with Gasteiger partial charge in [-0.3, -0.25) is 24.0 Å². The van der Waals surface area contributed by atoms with E-state index >= 15 is 0 Å². The van der Waals surface area contributed by atoms with Gasteiger partial charge in [0.25, 0.3) is 0 Å². The average molecular weight is 420 g/mol. The number of hydrogen-bond acceptors (Lipinski definition) is 12. The first kappa shape index (κ1) is 24.3. The van der Waals surface area contributed by atoms with Gasteiger partial charge in [0.05, 0.1) is 0 Å². The van der Waals surface area contributed by atoms with Crippen molar-refractivity contribution in [2.75, 3.05) is 6.61 Å². The molecule has 1 aliphatic rings. The van der Waals surface area contributed by atoms with Gasteiger partial charge in [0.15, 0.2) is 30.7 Å². The Kier molecular flexibility index (Phi) is 8.98. The van der Waals surface area contributed by atoms with Crippen LogP contribution in [-0.4, -0.2) is 78.4 Å². The Hall–Kier alpha value is -2.73. The van der Waals surface area contributed by atoms with Crippen molar-refractivity contribution in [3.8, 4) is 0 Å². The molecule has 0 amide bonds. The minimum Gasteiger partial charge on any atom is -0.462 e. The highest BCUT2D eigenvalue weighted by Crippen LogP contribution is 2.30. The Morgan fingerprint density at radius 3 is 1.69 bits per heavy atom. The van der Waals surface area contributed by atoms with Crippen LogP contribution in [0.2, 0.25) is 0 Å². The minimum absolute atomic E-state index is 0.505. The van der Waals surface area contributed by atoms with Crippen molar-refractivity contribution in [2.24, 2.45) is 0 Å². The van der Waals surface area contributed by atoms with E-state index in [2.05, 4.69) is 0 Å². The van der Waals surface area contributed by atoms with Crippen molar-refractivity contribution in [1.29, 1.82) is 0 Å². The fourth-order valence-corrected chi connectivity index (χ4v) is 2.73. The molecule has 12 nitrogen and oxygen atoms in total. The fraction of sp³-hybridized carbons (Fsp3) is 0.706. The molecular formula is C17H24O12. The quantitative estimate of drug-likeness (QED) is 0.395. The zero-order chi connectivity index (χ0) is 22.3. The standard InChI is InChI=1S/C17H24O12/c1-7(18)24-6-12(25-8(2)19)13-14(26-9(3)20)15(27-10(4)21)16(17(23)29-13)28-11(5)22/h12-17,23H,6H2,1-5H3/t12-,13-,14-,15+,16+,17?/m1/s1. The maximum absolute atomic E-state index is 11.6. The molecule has 1 heterocycles. The molecule has 1 unspecified atom stereocenters. The van der Waals surface area contributed by atoms with Crippen LogP contribution in [0.5, 0.6) is 0 Å². The molecule has 0 bridgehead atoms. The molecule has 12 heteroatoms. The van der Waals surface area contributed by atoms with E-state index in [1.807, 2.05) is 0 Å². The minimum atomic E-state index is -1.84. The summed E-state index contributed by atoms with van der Waals surface area (Å²) in [5, 5.41) is 10.3. The summed E-state index contributed by atoms with van der Waals surface area (Å²) in [4.78, 5) is 57.2. The third-order valence-electron chi connectivity index (χ3n) is 3.59. The van der Waals surface area contributed by atoms with Crippen LogP contribution in [0.4, 0.5) is 0 Å². The van der Waals surface area contributed by atoms with Crippen LogP contribution in [0.25, 0.3) is 0 Å². The lowest BCUT2D eigenvalue weighted by molar-refractivity contribution is -0.306. The highest BCUT2D eigenvalue weighted by Gasteiger charge is 2.54. The monoisotopic (exact) mass is 420 g/mol. The summed E-state index contributed by atoms with van der Waals surface area (Å²) < 4.78 is 30.5. The lowest BCUT2D eigenvalue weighted by atomic mass is 9.94. The van der Waals surface area contributed by atoms with Crippen LogP contribution in [-0.2, 0) is 52.4 Å². The number of carbonyl (C=O) groups is 5. The van der Waals surface area contributed by atoms with Gasteiger partial charge in [-0.2, -0.15) is 0 Å². The van der Waals surface area contributed by atoms with Gasteiger partial charge in [0, 0.05) is 34.6 Å². The predicted octanol–water partition coefficient (Wildman–Crippen LogP) is -1.01. The summed E-state index contributed by atoms with van der Waals surface area (Å²) in [6.07, 6.45) is -9.10. The Balaban J connectivity index is 3.34. The molecule has 0 saturated carbocycles. The molecule has 0 aromatic heterocycles. The van der Waals surface area contributed by atoms with Crippen molar-refractivity contribution < 1.29 is 57.5 Å². The Morgan fingerprint density at radius 1 is 0.759 bits per heavy atom. The van der Waals surface area contributed by atoms with Crippen LogP contribution >= 0.6 is 0 Å². The molecule has 1 aliphatic heterocycles. The maximum atomic E-state index is 11.6. The topological polar surface area (TPSA) is 161 Å². The third-order valence-corrected chi connectivity index (χ3v) is 3.59. The second kappa shape index (κ2) is 10.7. The number of aliphatic hydroxyl groups is 1. The third kappa shape index (κ3) is 7.66. The molecule has 0 spiro atoms. The van der Waals surface area contributed by atoms with Gasteiger partial charge < -0.3 is 33.5 Å². The zero-order valence-electron chi connectivity index (χ0n) is 16.6. The van der Waals surface area contributed by atoms with Gasteiger partial charge in [0.1, 0.15) is 12.7 Å². The SMILES string of the molecule is CC(=O)OC[C@@H](OC(C)=O)[C@H]1OC(O)[C@@H](OC(C)=O)[C@@H](OC(C)=O)[C@@H]1OC(C)=O. The highest BCUT2D eigenvalue weighted by molar-refractivity contribution is 5.69. The van der Waals surface area contributed by atoms with E-state index in [-0.39, 0.29) is 0 Å². The van der Waals surface area contributed by atoms with Crippen molar-refractivity contribution in [2.45, 2.75) is 71.4 Å². The number of ether oxygens (including phenoxy) is 6. The maximum Gasteiger partial charge on any atom is 0.303 e. The Bertz CT molecular complexity index is 644. The summed E-state index contributed by atoms with van der Waals surface area (Å²) in [7, 11) is 0. The van der Waals surface area contributed by atoms with E-state index in [9.17, 15) is 29.1 Å². The van der Waals surface area contributed by atoms with Crippen molar-refractivity contribution in [3.63, 3.8) is 0 Å². The Labute approximate surface area is 166 Å². The van der Waals surface area contributed by atoms with Crippen LogP contribution < -0.4 is 0 Å². The van der Waals surface area contributed by atoms with Gasteiger partial charge in [-0.25, -0.2) is 0 Å². The van der Waals surface area contributed by atoms with Crippen molar-refractivity contribution >= 4 is 29.8 Å². The van der Waals surface area contributed by atoms with Crippen LogP contribution in [0.3, 0.4) is 0 Å². The van der Waals surface area contributed by atoms with E-state index in [1.165, 1.54) is 0 Å². The zero-order valence-corrected chi connectivity index (χ0v) is 16.6. The molecule has 0 aromatic carbocycles. The molecule has 29 heavy (non-hydrogen) atoms. The average Bonchev–Trinajstić information content (AvgIpc) is 2.55. The molecule has 6 atom stereocenters. The van der Waals surface area contributed by atoms with E-state index in [4.69, 9.17) is 28.4 Å². The first-order chi connectivity index (χ1) is 13.4. The molecule has 0 aromatic rings. The molecule has 1 rings (SSSR count). The number of esters is 5. The largest absolute Gasteiger partial charge is 0.462 e. The Morgan fingerprint density at radius 2 is 1.24 bits per heavy atom. The second-order valence-electron chi connectivity index (χ2n) is 6.16. The van der Waals surface area contributed by atoms with E-state index < -0.39 is 73.3 Å². The molecule has 1 N–H and O–H groups in total. The molecule has 0 aliphatic carbocycles. The summed E-state index contributed by atoms with van der Waals surface area (Å²) in [5.74, 6) is -3.97. The van der Waals surface area contributed by atoms with Crippen LogP contribution in [0.1, 0.15) is 34.6 Å². The van der Waals surface area contributed by atoms with Crippen LogP contribution in [0.15, 0.2) is 0 Å². The molecule has 1 saturated heterocycles. The summed E-state index contributed by atoms with van der Waals surface area (Å²) >= 11 is 0. The lowest BCUT2D eigenvalue weighted by Crippen LogP contribution is -2.64. The fourth-order valence-electron chi connectivity index (χ4n) is 2.73. The van der Waals surface area contributed by atoms with E-state index in [0.29, 0.717) is 0 Å². The number of rotatable bonds is 7. The van der Waals surface area contributed by atoms with E-state index in [0.717, 1.165) is 34.6 Å². The van der Waals surface area contributed by atoms with Crippen molar-refractivity contribution in [1.82, 2.24) is 0 Å². The summed E-state index contributed by atoms with van der Waals surface area (Å²) in [6, 6.07) is 0. The molecule has 0 radical (unpaired) electrons. The van der Waals surface area contributed by atoms with Crippen LogP contribution in [0, 0.1) is 0 Å². The first-order valence-corrected chi connectivity index (χ1v) is 8.58. The number of carbonyl (C=O) groups excluding carboxylic acids is 5. The highest BCUT2D eigenvalue weighted by atomic mass is 16.7. The van der Waals surface area contributed by atoms with Gasteiger partial charge in [-0.15, -0.1) is 0 Å². The number of hydrogen-bond donors (Lipinski definition) is 1. The van der Waals surface area contributed by atoms with E-state index in [1.54, 1.807) is 0 Å². The normalized spacial score (nSPS) is 27.2.